The van der Waals surface area contributed by atoms with E-state index in [-0.39, 0.29) is 22.5 Å². The lowest BCUT2D eigenvalue weighted by molar-refractivity contribution is 0.102. The van der Waals surface area contributed by atoms with Crippen molar-refractivity contribution in [1.82, 2.24) is 9.55 Å². The van der Waals surface area contributed by atoms with E-state index < -0.39 is 0 Å². The Labute approximate surface area is 234 Å². The molecule has 2 aromatic carbocycles. The number of ketones is 1. The quantitative estimate of drug-likeness (QED) is 0.179. The van der Waals surface area contributed by atoms with Gasteiger partial charge in [0, 0.05) is 28.1 Å². The predicted octanol–water partition coefficient (Wildman–Crippen LogP) is 7.88. The van der Waals surface area contributed by atoms with Gasteiger partial charge in [-0.1, -0.05) is 86.2 Å². The van der Waals surface area contributed by atoms with E-state index in [2.05, 4.69) is 18.2 Å². The van der Waals surface area contributed by atoms with Crippen molar-refractivity contribution in [2.24, 2.45) is 5.92 Å². The van der Waals surface area contributed by atoms with Crippen molar-refractivity contribution >= 4 is 29.1 Å². The molecule has 0 bridgehead atoms. The normalized spacial score (nSPS) is 18.7. The molecular weight excluding hydrogens is 512 g/mol. The summed E-state index contributed by atoms with van der Waals surface area (Å²) in [5.74, 6) is 0.752. The van der Waals surface area contributed by atoms with E-state index in [1.165, 1.54) is 43.0 Å². The standard InChI is InChI=1S/C32H35ClN2O2S/c33-25-15-13-23(14-16-25)27(36)21-38-31-34-29-26-12-6-5-11-24(26)19-32(17-7-2-8-18-32)28(29)30(37)35(31)20-22-9-3-1-4-10-22/h5-6,11-16,22H,1-4,7-10,17-21H2. The van der Waals surface area contributed by atoms with Crippen LogP contribution >= 0.6 is 23.4 Å². The highest BCUT2D eigenvalue weighted by molar-refractivity contribution is 7.99. The van der Waals surface area contributed by atoms with Crippen molar-refractivity contribution in [3.63, 3.8) is 0 Å². The number of thioether (sulfide) groups is 1. The zero-order chi connectivity index (χ0) is 26.1. The average Bonchev–Trinajstić information content (AvgIpc) is 2.94. The van der Waals surface area contributed by atoms with E-state index in [0.29, 0.717) is 28.2 Å². The minimum absolute atomic E-state index is 0.0204. The average molecular weight is 547 g/mol. The summed E-state index contributed by atoms with van der Waals surface area (Å²) >= 11 is 7.43. The van der Waals surface area contributed by atoms with Crippen molar-refractivity contribution in [3.05, 3.63) is 80.6 Å². The molecule has 0 radical (unpaired) electrons. The van der Waals surface area contributed by atoms with Crippen LogP contribution < -0.4 is 5.56 Å². The number of benzene rings is 2. The van der Waals surface area contributed by atoms with Crippen LogP contribution in [0.15, 0.2) is 58.5 Å². The summed E-state index contributed by atoms with van der Waals surface area (Å²) in [7, 11) is 0. The second-order valence-electron chi connectivity index (χ2n) is 11.4. The van der Waals surface area contributed by atoms with E-state index in [1.54, 1.807) is 24.3 Å². The van der Waals surface area contributed by atoms with Crippen molar-refractivity contribution in [2.45, 2.75) is 87.7 Å². The lowest BCUT2D eigenvalue weighted by Crippen LogP contribution is -2.43. The zero-order valence-electron chi connectivity index (χ0n) is 21.9. The first-order valence-corrected chi connectivity index (χ1v) is 15.6. The number of carbonyl (C=O) groups is 1. The number of carbonyl (C=O) groups excluding carboxylic acids is 1. The van der Waals surface area contributed by atoms with Crippen LogP contribution in [0.25, 0.3) is 11.3 Å². The molecule has 3 aliphatic carbocycles. The van der Waals surface area contributed by atoms with Crippen LogP contribution in [-0.2, 0) is 18.4 Å². The first-order valence-electron chi connectivity index (χ1n) is 14.2. The topological polar surface area (TPSA) is 52.0 Å². The molecule has 198 valence electrons. The maximum atomic E-state index is 14.6. The van der Waals surface area contributed by atoms with E-state index in [4.69, 9.17) is 16.6 Å². The van der Waals surface area contributed by atoms with Gasteiger partial charge in [0.25, 0.3) is 5.56 Å². The van der Waals surface area contributed by atoms with Crippen molar-refractivity contribution in [2.75, 3.05) is 5.75 Å². The van der Waals surface area contributed by atoms with Crippen molar-refractivity contribution in [3.8, 4) is 11.3 Å². The SMILES string of the molecule is O=C(CSc1nc2c(c(=O)n1CC1CCCCC1)C1(CCCCC1)Cc1ccccc1-2)c1ccc(Cl)cc1. The minimum Gasteiger partial charge on any atom is -0.293 e. The van der Waals surface area contributed by atoms with Crippen LogP contribution in [0.5, 0.6) is 0 Å². The fourth-order valence-electron chi connectivity index (χ4n) is 6.97. The summed E-state index contributed by atoms with van der Waals surface area (Å²) in [6.45, 7) is 0.703. The lowest BCUT2D eigenvalue weighted by atomic mass is 9.62. The fraction of sp³-hybridized carbons (Fsp3) is 0.469. The molecule has 1 aromatic heterocycles. The molecule has 0 aliphatic heterocycles. The number of fused-ring (bicyclic) bond motifs is 4. The van der Waals surface area contributed by atoms with Crippen LogP contribution in [0.3, 0.4) is 0 Å². The smallest absolute Gasteiger partial charge is 0.258 e. The third kappa shape index (κ3) is 5.00. The molecule has 0 amide bonds. The first kappa shape index (κ1) is 25.9. The van der Waals surface area contributed by atoms with Gasteiger partial charge in [-0.15, -0.1) is 0 Å². The highest BCUT2D eigenvalue weighted by Gasteiger charge is 2.43. The summed E-state index contributed by atoms with van der Waals surface area (Å²) in [5, 5.41) is 1.30. The van der Waals surface area contributed by atoms with Gasteiger partial charge in [0.05, 0.1) is 17.0 Å². The van der Waals surface area contributed by atoms with Crippen molar-refractivity contribution in [1.29, 1.82) is 0 Å². The maximum Gasteiger partial charge on any atom is 0.258 e. The lowest BCUT2D eigenvalue weighted by Gasteiger charge is -2.42. The molecule has 6 heteroatoms. The maximum absolute atomic E-state index is 14.6. The number of halogens is 1. The fourth-order valence-corrected chi connectivity index (χ4v) is 7.99. The monoisotopic (exact) mass is 546 g/mol. The Hall–Kier alpha value is -2.37. The Morgan fingerprint density at radius 2 is 1.68 bits per heavy atom. The molecule has 1 spiro atoms. The molecular formula is C32H35ClN2O2S. The number of hydrogen-bond donors (Lipinski definition) is 0. The summed E-state index contributed by atoms with van der Waals surface area (Å²) < 4.78 is 1.96. The van der Waals surface area contributed by atoms with E-state index in [9.17, 15) is 9.59 Å². The van der Waals surface area contributed by atoms with E-state index in [1.807, 2.05) is 10.6 Å². The number of hydrogen-bond acceptors (Lipinski definition) is 4. The number of rotatable bonds is 6. The molecule has 0 saturated heterocycles. The number of Topliss-reactive ketones (excluding diaryl/α,β-unsaturated/α-hetero) is 1. The minimum atomic E-state index is -0.122. The van der Waals surface area contributed by atoms with Crippen LogP contribution in [0.2, 0.25) is 5.02 Å². The van der Waals surface area contributed by atoms with E-state index >= 15 is 0 Å². The van der Waals surface area contributed by atoms with Crippen molar-refractivity contribution < 1.29 is 4.79 Å². The molecule has 4 nitrogen and oxygen atoms in total. The third-order valence-corrected chi connectivity index (χ3v) is 10.2. The van der Waals surface area contributed by atoms with Gasteiger partial charge in [-0.05, 0) is 67.9 Å². The molecule has 0 N–H and O–H groups in total. The third-order valence-electron chi connectivity index (χ3n) is 8.94. The van der Waals surface area contributed by atoms with Gasteiger partial charge in [-0.2, -0.15) is 0 Å². The Bertz CT molecular complexity index is 1390. The number of nitrogens with zero attached hydrogens (tertiary/aromatic N) is 2. The Morgan fingerprint density at radius 1 is 0.974 bits per heavy atom. The van der Waals surface area contributed by atoms with Gasteiger partial charge in [-0.25, -0.2) is 4.98 Å². The first-order chi connectivity index (χ1) is 18.5. The summed E-state index contributed by atoms with van der Waals surface area (Å²) in [4.78, 5) is 32.9. The Morgan fingerprint density at radius 3 is 2.45 bits per heavy atom. The summed E-state index contributed by atoms with van der Waals surface area (Å²) in [5.41, 5.74) is 4.84. The molecule has 2 saturated carbocycles. The van der Waals surface area contributed by atoms with E-state index in [0.717, 1.165) is 61.8 Å². The molecule has 3 aromatic rings. The van der Waals surface area contributed by atoms with Gasteiger partial charge >= 0.3 is 0 Å². The van der Waals surface area contributed by atoms with Gasteiger partial charge in [0.1, 0.15) is 0 Å². The molecule has 2 fully saturated rings. The van der Waals surface area contributed by atoms with Crippen LogP contribution in [0.4, 0.5) is 0 Å². The molecule has 0 atom stereocenters. The molecule has 6 rings (SSSR count). The highest BCUT2D eigenvalue weighted by Crippen LogP contribution is 2.49. The highest BCUT2D eigenvalue weighted by atomic mass is 35.5. The van der Waals surface area contributed by atoms with Gasteiger partial charge < -0.3 is 0 Å². The van der Waals surface area contributed by atoms with Gasteiger partial charge in [0.15, 0.2) is 10.9 Å². The van der Waals surface area contributed by atoms with Crippen LogP contribution in [0.1, 0.15) is 85.7 Å². The molecule has 3 aliphatic rings. The summed E-state index contributed by atoms with van der Waals surface area (Å²) in [6.07, 6.45) is 12.7. The second kappa shape index (κ2) is 11.0. The largest absolute Gasteiger partial charge is 0.293 e. The Balaban J connectivity index is 1.44. The second-order valence-corrected chi connectivity index (χ2v) is 12.8. The molecule has 1 heterocycles. The van der Waals surface area contributed by atoms with Gasteiger partial charge in [-0.3, -0.25) is 14.2 Å². The number of aromatic nitrogens is 2. The predicted molar refractivity (Wildman–Crippen MR) is 155 cm³/mol. The van der Waals surface area contributed by atoms with Crippen LogP contribution in [0, 0.1) is 5.92 Å². The molecule has 0 unspecified atom stereocenters. The zero-order valence-corrected chi connectivity index (χ0v) is 23.5. The van der Waals surface area contributed by atoms with Gasteiger partial charge in [0.2, 0.25) is 0 Å². The van der Waals surface area contributed by atoms with Crippen LogP contribution in [-0.4, -0.2) is 21.1 Å². The summed E-state index contributed by atoms with van der Waals surface area (Å²) in [6, 6.07) is 15.5. The Kier molecular flexibility index (Phi) is 7.50. The molecule has 38 heavy (non-hydrogen) atoms.